The number of halogens is 1. The predicted octanol–water partition coefficient (Wildman–Crippen LogP) is 1.77. The van der Waals surface area contributed by atoms with Crippen molar-refractivity contribution >= 4 is 17.4 Å². The van der Waals surface area contributed by atoms with Crippen LogP contribution in [0.3, 0.4) is 0 Å². The number of nitrogen functional groups attached to an aromatic ring is 1. The van der Waals surface area contributed by atoms with Crippen molar-refractivity contribution in [2.45, 2.75) is 30.4 Å². The molecule has 3 N–H and O–H groups in total. The standard InChI is InChI=1S/C11H13FN4OS/c1-3-16-10(17)14-15-11(16)18-9-4-6(2)7(12)5-8(9)13/h4-5H,3,13H2,1-2H3,(H,14,17). The third-order valence-electron chi connectivity index (χ3n) is 2.53. The lowest BCUT2D eigenvalue weighted by Crippen LogP contribution is -2.16. The molecule has 2 rings (SSSR count). The number of anilines is 1. The number of rotatable bonds is 3. The molecule has 18 heavy (non-hydrogen) atoms. The Labute approximate surface area is 107 Å². The Balaban J connectivity index is 2.40. The largest absolute Gasteiger partial charge is 0.398 e. The Morgan fingerprint density at radius 3 is 2.94 bits per heavy atom. The summed E-state index contributed by atoms with van der Waals surface area (Å²) in [4.78, 5) is 12.1. The molecule has 0 atom stereocenters. The van der Waals surface area contributed by atoms with Crippen LogP contribution in [0.15, 0.2) is 27.0 Å². The highest BCUT2D eigenvalue weighted by molar-refractivity contribution is 7.99. The van der Waals surface area contributed by atoms with Crippen molar-refractivity contribution in [1.29, 1.82) is 0 Å². The molecule has 0 saturated carbocycles. The number of aromatic nitrogens is 3. The molecule has 0 unspecified atom stereocenters. The van der Waals surface area contributed by atoms with Crippen molar-refractivity contribution in [3.05, 3.63) is 34.0 Å². The lowest BCUT2D eigenvalue weighted by Gasteiger charge is -2.07. The fourth-order valence-electron chi connectivity index (χ4n) is 1.52. The topological polar surface area (TPSA) is 76.7 Å². The van der Waals surface area contributed by atoms with E-state index in [0.29, 0.717) is 27.8 Å². The van der Waals surface area contributed by atoms with Gasteiger partial charge in [0.1, 0.15) is 5.82 Å². The molecule has 0 fully saturated rings. The molecule has 0 aliphatic rings. The summed E-state index contributed by atoms with van der Waals surface area (Å²) in [6.45, 7) is 4.02. The van der Waals surface area contributed by atoms with Crippen LogP contribution in [0.4, 0.5) is 10.1 Å². The van der Waals surface area contributed by atoms with E-state index in [2.05, 4.69) is 10.2 Å². The van der Waals surface area contributed by atoms with Crippen LogP contribution in [-0.4, -0.2) is 14.8 Å². The van der Waals surface area contributed by atoms with Crippen molar-refractivity contribution in [3.8, 4) is 0 Å². The fraction of sp³-hybridized carbons (Fsp3) is 0.273. The maximum atomic E-state index is 13.3. The second-order valence-electron chi connectivity index (χ2n) is 3.80. The van der Waals surface area contributed by atoms with Crippen LogP contribution in [0, 0.1) is 12.7 Å². The van der Waals surface area contributed by atoms with Gasteiger partial charge in [0.15, 0.2) is 5.16 Å². The Bertz CT molecular complexity index is 634. The number of benzene rings is 1. The number of nitrogens with two attached hydrogens (primary N) is 1. The minimum absolute atomic E-state index is 0.266. The minimum Gasteiger partial charge on any atom is -0.398 e. The molecule has 96 valence electrons. The average molecular weight is 268 g/mol. The van der Waals surface area contributed by atoms with Crippen molar-refractivity contribution < 1.29 is 4.39 Å². The number of aryl methyl sites for hydroxylation is 1. The SMILES string of the molecule is CCn1c(Sc2cc(C)c(F)cc2N)n[nH]c1=O. The van der Waals surface area contributed by atoms with Crippen LogP contribution in [-0.2, 0) is 6.54 Å². The van der Waals surface area contributed by atoms with Crippen LogP contribution >= 0.6 is 11.8 Å². The van der Waals surface area contributed by atoms with Gasteiger partial charge >= 0.3 is 5.69 Å². The summed E-state index contributed by atoms with van der Waals surface area (Å²) < 4.78 is 14.8. The smallest absolute Gasteiger partial charge is 0.343 e. The first-order valence-corrected chi connectivity index (χ1v) is 6.23. The summed E-state index contributed by atoms with van der Waals surface area (Å²) in [5, 5.41) is 6.80. The molecule has 5 nitrogen and oxygen atoms in total. The van der Waals surface area contributed by atoms with Gasteiger partial charge in [-0.2, -0.15) is 0 Å². The number of nitrogens with zero attached hydrogens (tertiary/aromatic N) is 2. The lowest BCUT2D eigenvalue weighted by molar-refractivity contribution is 0.618. The molecule has 1 heterocycles. The van der Waals surface area contributed by atoms with Crippen molar-refractivity contribution in [2.24, 2.45) is 0 Å². The van der Waals surface area contributed by atoms with Gasteiger partial charge in [-0.3, -0.25) is 4.57 Å². The van der Waals surface area contributed by atoms with Crippen LogP contribution < -0.4 is 11.4 Å². The normalized spacial score (nSPS) is 10.8. The maximum Gasteiger partial charge on any atom is 0.343 e. The summed E-state index contributed by atoms with van der Waals surface area (Å²) in [6, 6.07) is 2.92. The highest BCUT2D eigenvalue weighted by atomic mass is 32.2. The number of hydrogen-bond acceptors (Lipinski definition) is 4. The van der Waals surface area contributed by atoms with E-state index in [9.17, 15) is 9.18 Å². The Morgan fingerprint density at radius 2 is 2.28 bits per heavy atom. The van der Waals surface area contributed by atoms with E-state index >= 15 is 0 Å². The molecule has 1 aromatic carbocycles. The number of aromatic amines is 1. The van der Waals surface area contributed by atoms with Gasteiger partial charge in [-0.15, -0.1) is 5.10 Å². The monoisotopic (exact) mass is 268 g/mol. The molecule has 0 saturated heterocycles. The van der Waals surface area contributed by atoms with Gasteiger partial charge in [-0.25, -0.2) is 14.3 Å². The van der Waals surface area contributed by atoms with Gasteiger partial charge in [-0.05, 0) is 43.3 Å². The van der Waals surface area contributed by atoms with E-state index in [1.165, 1.54) is 22.4 Å². The molecule has 1 aromatic heterocycles. The third kappa shape index (κ3) is 2.26. The van der Waals surface area contributed by atoms with Gasteiger partial charge in [-0.1, -0.05) is 0 Å². The first-order valence-electron chi connectivity index (χ1n) is 5.41. The molecule has 0 amide bonds. The molecule has 0 aliphatic carbocycles. The molecule has 0 aliphatic heterocycles. The minimum atomic E-state index is -0.341. The van der Waals surface area contributed by atoms with Gasteiger partial charge < -0.3 is 5.73 Å². The van der Waals surface area contributed by atoms with E-state index in [1.807, 2.05) is 6.92 Å². The quantitative estimate of drug-likeness (QED) is 0.832. The van der Waals surface area contributed by atoms with E-state index in [1.54, 1.807) is 13.0 Å². The first-order chi connectivity index (χ1) is 8.52. The highest BCUT2D eigenvalue weighted by Gasteiger charge is 2.12. The predicted molar refractivity (Wildman–Crippen MR) is 68.2 cm³/mol. The van der Waals surface area contributed by atoms with Crippen molar-refractivity contribution in [3.63, 3.8) is 0 Å². The first kappa shape index (κ1) is 12.7. The highest BCUT2D eigenvalue weighted by Crippen LogP contribution is 2.31. The van der Waals surface area contributed by atoms with Crippen LogP contribution in [0.25, 0.3) is 0 Å². The Hall–Kier alpha value is -1.76. The zero-order valence-corrected chi connectivity index (χ0v) is 10.8. The lowest BCUT2D eigenvalue weighted by atomic mass is 10.2. The summed E-state index contributed by atoms with van der Waals surface area (Å²) in [5.74, 6) is -0.341. The summed E-state index contributed by atoms with van der Waals surface area (Å²) in [7, 11) is 0. The zero-order valence-electron chi connectivity index (χ0n) is 10.0. The third-order valence-corrected chi connectivity index (χ3v) is 3.60. The average Bonchev–Trinajstić information content (AvgIpc) is 2.67. The molecular weight excluding hydrogens is 255 g/mol. The summed E-state index contributed by atoms with van der Waals surface area (Å²) in [5.41, 5.74) is 6.33. The molecule has 0 bridgehead atoms. The van der Waals surface area contributed by atoms with Gasteiger partial charge in [0.05, 0.1) is 0 Å². The number of nitrogens with one attached hydrogen (secondary N) is 1. The fourth-order valence-corrected chi connectivity index (χ4v) is 2.54. The van der Waals surface area contributed by atoms with Crippen LogP contribution in [0.2, 0.25) is 0 Å². The second kappa shape index (κ2) is 4.85. The van der Waals surface area contributed by atoms with Gasteiger partial charge in [0.2, 0.25) is 0 Å². The van der Waals surface area contributed by atoms with Crippen LogP contribution in [0.1, 0.15) is 12.5 Å². The number of H-pyrrole nitrogens is 1. The Morgan fingerprint density at radius 1 is 1.56 bits per heavy atom. The molecule has 0 spiro atoms. The molecular formula is C11H13FN4OS. The zero-order chi connectivity index (χ0) is 13.3. The van der Waals surface area contributed by atoms with E-state index in [-0.39, 0.29) is 11.5 Å². The molecule has 7 heteroatoms. The molecule has 2 aromatic rings. The van der Waals surface area contributed by atoms with E-state index < -0.39 is 0 Å². The van der Waals surface area contributed by atoms with Gasteiger partial charge in [0.25, 0.3) is 0 Å². The van der Waals surface area contributed by atoms with E-state index in [4.69, 9.17) is 5.73 Å². The number of hydrogen-bond donors (Lipinski definition) is 2. The summed E-state index contributed by atoms with van der Waals surface area (Å²) >= 11 is 1.24. The van der Waals surface area contributed by atoms with Crippen molar-refractivity contribution in [2.75, 3.05) is 5.73 Å². The van der Waals surface area contributed by atoms with E-state index in [0.717, 1.165) is 0 Å². The van der Waals surface area contributed by atoms with Crippen LogP contribution in [0.5, 0.6) is 0 Å². The second-order valence-corrected chi connectivity index (χ2v) is 4.81. The molecule has 0 radical (unpaired) electrons. The summed E-state index contributed by atoms with van der Waals surface area (Å²) in [6.07, 6.45) is 0. The Kier molecular flexibility index (Phi) is 3.42. The van der Waals surface area contributed by atoms with Gasteiger partial charge in [0, 0.05) is 17.1 Å². The maximum absolute atomic E-state index is 13.3. The van der Waals surface area contributed by atoms with Crippen molar-refractivity contribution in [1.82, 2.24) is 14.8 Å².